The highest BCUT2D eigenvalue weighted by atomic mass is 32.2. The van der Waals surface area contributed by atoms with Crippen LogP contribution >= 0.6 is 10.5 Å². The maximum absolute atomic E-state index is 9.57. The van der Waals surface area contributed by atoms with Crippen LogP contribution in [-0.4, -0.2) is 19.2 Å². The van der Waals surface area contributed by atoms with E-state index in [-0.39, 0.29) is 0 Å². The molecular formula is C18H15N2O2S+. The van der Waals surface area contributed by atoms with Crippen molar-refractivity contribution in [3.05, 3.63) is 53.5 Å². The molecule has 0 amide bonds. The lowest BCUT2D eigenvalue weighted by Crippen LogP contribution is -1.90. The van der Waals surface area contributed by atoms with Gasteiger partial charge in [-0.3, -0.25) is 0 Å². The number of thiazole rings is 1. The van der Waals surface area contributed by atoms with Crippen LogP contribution < -0.4 is 9.47 Å². The zero-order valence-electron chi connectivity index (χ0n) is 12.8. The fraction of sp³-hybridized carbons (Fsp3) is 0.111. The van der Waals surface area contributed by atoms with Gasteiger partial charge in [0, 0.05) is 12.1 Å². The van der Waals surface area contributed by atoms with E-state index in [1.54, 1.807) is 14.2 Å². The number of para-hydroxylation sites is 1. The van der Waals surface area contributed by atoms with Crippen molar-refractivity contribution < 1.29 is 9.47 Å². The Morgan fingerprint density at radius 1 is 1.13 bits per heavy atom. The molecule has 3 aromatic rings. The van der Waals surface area contributed by atoms with Crippen molar-refractivity contribution >= 4 is 31.7 Å². The number of benzene rings is 2. The maximum Gasteiger partial charge on any atom is 0.257 e. The second kappa shape index (κ2) is 6.51. The summed E-state index contributed by atoms with van der Waals surface area (Å²) in [5, 5.41) is 9.57. The average Bonchev–Trinajstić information content (AvgIpc) is 3.03. The quantitative estimate of drug-likeness (QED) is 0.523. The number of nitriles is 1. The van der Waals surface area contributed by atoms with Gasteiger partial charge in [-0.1, -0.05) is 18.2 Å². The number of methoxy groups -OCH3 is 2. The molecule has 2 aromatic carbocycles. The van der Waals surface area contributed by atoms with Gasteiger partial charge in [-0.25, -0.2) is 0 Å². The Hall–Kier alpha value is -2.84. The van der Waals surface area contributed by atoms with Gasteiger partial charge < -0.3 is 9.47 Å². The SMILES string of the molecule is COc1ccc(/C=C(\C#N)[s+]2cnc3ccccc32)cc1OC. The first-order valence-electron chi connectivity index (χ1n) is 6.97. The summed E-state index contributed by atoms with van der Waals surface area (Å²) >= 11 is 0. The number of hydrogen-bond donors (Lipinski definition) is 0. The van der Waals surface area contributed by atoms with Crippen LogP contribution in [0, 0.1) is 11.3 Å². The fourth-order valence-corrected chi connectivity index (χ4v) is 3.95. The molecule has 1 heterocycles. The largest absolute Gasteiger partial charge is 0.493 e. The van der Waals surface area contributed by atoms with Crippen LogP contribution in [0.1, 0.15) is 5.56 Å². The van der Waals surface area contributed by atoms with Gasteiger partial charge in [0.25, 0.3) is 4.91 Å². The van der Waals surface area contributed by atoms with Gasteiger partial charge in [0.05, 0.1) is 24.7 Å². The molecule has 0 N–H and O–H groups in total. The van der Waals surface area contributed by atoms with Gasteiger partial charge in [-0.05, 0) is 23.8 Å². The summed E-state index contributed by atoms with van der Waals surface area (Å²) in [6.07, 6.45) is 1.87. The van der Waals surface area contributed by atoms with E-state index in [0.717, 1.165) is 15.8 Å². The standard InChI is InChI=1S/C18H15N2O2S/c1-21-16-8-7-13(10-17(16)22-2)9-14(11-19)23-12-20-15-5-3-4-6-18(15)23/h3-10,12H,1-2H3/q+1/b14-9+. The van der Waals surface area contributed by atoms with Crippen LogP contribution in [0.25, 0.3) is 21.2 Å². The fourth-order valence-electron chi connectivity index (χ4n) is 2.33. The van der Waals surface area contributed by atoms with Gasteiger partial charge in [-0.15, -0.1) is 0 Å². The van der Waals surface area contributed by atoms with E-state index in [0.29, 0.717) is 16.4 Å². The molecule has 5 heteroatoms. The Morgan fingerprint density at radius 2 is 1.91 bits per heavy atom. The zero-order chi connectivity index (χ0) is 16.2. The van der Waals surface area contributed by atoms with Crippen molar-refractivity contribution in [1.82, 2.24) is 4.98 Å². The second-order valence-corrected chi connectivity index (χ2v) is 6.54. The first kappa shape index (κ1) is 15.1. The van der Waals surface area contributed by atoms with Crippen molar-refractivity contribution in [1.29, 1.82) is 5.26 Å². The topological polar surface area (TPSA) is 55.1 Å². The van der Waals surface area contributed by atoms with Crippen molar-refractivity contribution in [2.24, 2.45) is 0 Å². The smallest absolute Gasteiger partial charge is 0.257 e. The number of rotatable bonds is 4. The molecule has 0 aliphatic heterocycles. The monoisotopic (exact) mass is 323 g/mol. The number of hydrogen-bond acceptors (Lipinski definition) is 4. The molecule has 0 aliphatic rings. The highest BCUT2D eigenvalue weighted by Crippen LogP contribution is 2.39. The molecule has 1 unspecified atom stereocenters. The average molecular weight is 323 g/mol. The molecular weight excluding hydrogens is 308 g/mol. The number of fused-ring (bicyclic) bond motifs is 1. The summed E-state index contributed by atoms with van der Waals surface area (Å²) in [7, 11) is 2.77. The van der Waals surface area contributed by atoms with Crippen LogP contribution in [0.3, 0.4) is 0 Å². The van der Waals surface area contributed by atoms with Crippen LogP contribution in [0.2, 0.25) is 0 Å². The summed E-state index contributed by atoms with van der Waals surface area (Å²) in [5.41, 5.74) is 3.68. The van der Waals surface area contributed by atoms with Gasteiger partial charge >= 0.3 is 0 Å². The van der Waals surface area contributed by atoms with Crippen molar-refractivity contribution in [3.8, 4) is 17.6 Å². The van der Waals surface area contributed by atoms with Gasteiger partial charge in [0.1, 0.15) is 5.52 Å². The third-order valence-electron chi connectivity index (χ3n) is 3.45. The molecule has 4 nitrogen and oxygen atoms in total. The van der Waals surface area contributed by atoms with Crippen LogP contribution in [-0.2, 0) is 0 Å². The second-order valence-electron chi connectivity index (χ2n) is 4.77. The molecule has 0 spiro atoms. The molecule has 0 fully saturated rings. The molecule has 0 bridgehead atoms. The van der Waals surface area contributed by atoms with Crippen LogP contribution in [0.4, 0.5) is 0 Å². The van der Waals surface area contributed by atoms with Crippen molar-refractivity contribution in [3.63, 3.8) is 0 Å². The summed E-state index contributed by atoms with van der Waals surface area (Å²) in [4.78, 5) is 5.08. The Labute approximate surface area is 137 Å². The number of ether oxygens (including phenoxy) is 2. The Kier molecular flexibility index (Phi) is 4.26. The lowest BCUT2D eigenvalue weighted by molar-refractivity contribution is 0.355. The first-order chi connectivity index (χ1) is 11.3. The number of nitrogens with zero attached hydrogens (tertiary/aromatic N) is 2. The first-order valence-corrected chi connectivity index (χ1v) is 8.25. The normalized spacial score (nSPS) is 12.0. The van der Waals surface area contributed by atoms with E-state index < -0.39 is 10.5 Å². The molecule has 3 rings (SSSR count). The molecule has 0 saturated heterocycles. The summed E-state index contributed by atoms with van der Waals surface area (Å²) in [6.45, 7) is 0. The molecule has 1 aromatic heterocycles. The minimum atomic E-state index is -0.420. The Morgan fingerprint density at radius 3 is 2.65 bits per heavy atom. The van der Waals surface area contributed by atoms with E-state index in [1.165, 1.54) is 0 Å². The lowest BCUT2D eigenvalue weighted by atomic mass is 10.2. The highest BCUT2D eigenvalue weighted by molar-refractivity contribution is 7.48. The predicted molar refractivity (Wildman–Crippen MR) is 93.5 cm³/mol. The number of aromatic nitrogens is 1. The lowest BCUT2D eigenvalue weighted by Gasteiger charge is -2.07. The van der Waals surface area contributed by atoms with E-state index in [9.17, 15) is 5.26 Å². The highest BCUT2D eigenvalue weighted by Gasteiger charge is 2.19. The van der Waals surface area contributed by atoms with Gasteiger partial charge in [-0.2, -0.15) is 10.2 Å². The summed E-state index contributed by atoms with van der Waals surface area (Å²) < 4.78 is 11.6. The minimum Gasteiger partial charge on any atom is -0.493 e. The van der Waals surface area contributed by atoms with E-state index in [1.807, 2.05) is 54.1 Å². The molecule has 0 aliphatic carbocycles. The van der Waals surface area contributed by atoms with E-state index in [2.05, 4.69) is 11.1 Å². The van der Waals surface area contributed by atoms with Gasteiger partial charge in [0.2, 0.25) is 10.2 Å². The molecule has 0 radical (unpaired) electrons. The Bertz CT molecular complexity index is 922. The minimum absolute atomic E-state index is 0.420. The maximum atomic E-state index is 9.57. The Balaban J connectivity index is 2.08. The number of allylic oxidation sites excluding steroid dienone is 1. The van der Waals surface area contributed by atoms with Crippen LogP contribution in [0.15, 0.2) is 48.0 Å². The molecule has 0 saturated carbocycles. The van der Waals surface area contributed by atoms with E-state index in [4.69, 9.17) is 9.47 Å². The summed E-state index contributed by atoms with van der Waals surface area (Å²) in [5.74, 6) is 1.31. The third kappa shape index (κ3) is 2.89. The van der Waals surface area contributed by atoms with Gasteiger partial charge in [0.15, 0.2) is 17.6 Å². The molecule has 23 heavy (non-hydrogen) atoms. The van der Waals surface area contributed by atoms with E-state index >= 15 is 0 Å². The van der Waals surface area contributed by atoms with Crippen molar-refractivity contribution in [2.75, 3.05) is 14.2 Å². The summed E-state index contributed by atoms with van der Waals surface area (Å²) in [6, 6.07) is 15.8. The molecule has 114 valence electrons. The van der Waals surface area contributed by atoms with Crippen LogP contribution in [0.5, 0.6) is 11.5 Å². The zero-order valence-corrected chi connectivity index (χ0v) is 13.6. The van der Waals surface area contributed by atoms with Crippen molar-refractivity contribution in [2.45, 2.75) is 0 Å². The third-order valence-corrected chi connectivity index (χ3v) is 5.27. The molecule has 1 atom stereocenters. The predicted octanol–water partition coefficient (Wildman–Crippen LogP) is 4.52.